The van der Waals surface area contributed by atoms with Crippen molar-refractivity contribution in [2.75, 3.05) is 20.8 Å². The summed E-state index contributed by atoms with van der Waals surface area (Å²) in [6.07, 6.45) is 6.91. The molecule has 7 nitrogen and oxygen atoms in total. The van der Waals surface area contributed by atoms with Crippen LogP contribution < -0.4 is 20.1 Å². The third-order valence-electron chi connectivity index (χ3n) is 4.26. The van der Waals surface area contributed by atoms with E-state index in [0.29, 0.717) is 30.5 Å². The molecule has 0 spiro atoms. The highest BCUT2D eigenvalue weighted by Crippen LogP contribution is 2.28. The molecule has 150 valence electrons. The summed E-state index contributed by atoms with van der Waals surface area (Å²) in [5.41, 5.74) is 3.09. The smallest absolute Gasteiger partial charge is 0.191 e. The average molecular weight is 384 g/mol. The van der Waals surface area contributed by atoms with Crippen molar-refractivity contribution in [3.05, 3.63) is 40.8 Å². The molecule has 0 aliphatic heterocycles. The maximum atomic E-state index is 5.55. The Morgan fingerprint density at radius 3 is 2.64 bits per heavy atom. The molecule has 28 heavy (non-hydrogen) atoms. The summed E-state index contributed by atoms with van der Waals surface area (Å²) in [5, 5.41) is 10.8. The number of ether oxygens (including phenoxy) is 2. The van der Waals surface area contributed by atoms with E-state index in [-0.39, 0.29) is 6.61 Å². The number of benzene rings is 1. The van der Waals surface area contributed by atoms with Crippen LogP contribution in [0.15, 0.2) is 27.7 Å². The van der Waals surface area contributed by atoms with Crippen LogP contribution in [0.1, 0.15) is 36.4 Å². The number of rotatable bonds is 9. The number of methoxy groups -OCH3 is 1. The molecule has 0 radical (unpaired) electrons. The number of aliphatic imine (C=N–C) groups is 1. The van der Waals surface area contributed by atoms with E-state index in [1.165, 1.54) is 0 Å². The molecule has 0 unspecified atom stereocenters. The highest BCUT2D eigenvalue weighted by molar-refractivity contribution is 5.79. The van der Waals surface area contributed by atoms with Gasteiger partial charge in [0.1, 0.15) is 12.4 Å². The average Bonchev–Trinajstić information content (AvgIpc) is 3.14. The summed E-state index contributed by atoms with van der Waals surface area (Å²) < 4.78 is 16.3. The van der Waals surface area contributed by atoms with Gasteiger partial charge in [-0.15, -0.1) is 6.42 Å². The second-order valence-corrected chi connectivity index (χ2v) is 6.00. The van der Waals surface area contributed by atoms with Crippen molar-refractivity contribution in [2.45, 2.75) is 39.8 Å². The normalized spacial score (nSPS) is 11.0. The number of aryl methyl sites for hydroxylation is 2. The molecular formula is C21H28N4O3. The molecule has 1 heterocycles. The van der Waals surface area contributed by atoms with Crippen LogP contribution in [0, 0.1) is 12.3 Å². The summed E-state index contributed by atoms with van der Waals surface area (Å²) in [6.45, 7) is 5.49. The Balaban J connectivity index is 1.99. The van der Waals surface area contributed by atoms with E-state index < -0.39 is 0 Å². The van der Waals surface area contributed by atoms with Crippen LogP contribution >= 0.6 is 0 Å². The number of hydrogen-bond acceptors (Lipinski definition) is 5. The molecule has 0 bridgehead atoms. The number of guanidine groups is 1. The minimum absolute atomic E-state index is 0.189. The van der Waals surface area contributed by atoms with Crippen molar-refractivity contribution in [2.24, 2.45) is 4.99 Å². The number of nitrogens with one attached hydrogen (secondary N) is 2. The zero-order valence-corrected chi connectivity index (χ0v) is 17.0. The SMILES string of the molecule is C#CCOc1cc(CNC(=NC)NCc2c(CC)noc2CC)ccc1OC. The Labute approximate surface area is 166 Å². The number of aromatic nitrogens is 1. The molecule has 0 fully saturated rings. The molecule has 0 saturated heterocycles. The highest BCUT2D eigenvalue weighted by atomic mass is 16.5. The zero-order valence-electron chi connectivity index (χ0n) is 17.0. The maximum absolute atomic E-state index is 5.55. The summed E-state index contributed by atoms with van der Waals surface area (Å²) in [4.78, 5) is 4.28. The van der Waals surface area contributed by atoms with E-state index in [1.54, 1.807) is 14.2 Å². The van der Waals surface area contributed by atoms with Gasteiger partial charge < -0.3 is 24.6 Å². The molecule has 0 aliphatic carbocycles. The number of hydrogen-bond donors (Lipinski definition) is 2. The first kappa shape index (κ1) is 21.2. The number of nitrogens with zero attached hydrogens (tertiary/aromatic N) is 2. The van der Waals surface area contributed by atoms with Crippen LogP contribution in [0.3, 0.4) is 0 Å². The van der Waals surface area contributed by atoms with Gasteiger partial charge in [0.05, 0.1) is 12.8 Å². The molecule has 0 atom stereocenters. The van der Waals surface area contributed by atoms with Gasteiger partial charge in [0, 0.05) is 32.1 Å². The molecule has 0 amide bonds. The lowest BCUT2D eigenvalue weighted by molar-refractivity contribution is 0.330. The summed E-state index contributed by atoms with van der Waals surface area (Å²) in [5.74, 6) is 5.32. The fraction of sp³-hybridized carbons (Fsp3) is 0.429. The second-order valence-electron chi connectivity index (χ2n) is 6.00. The monoisotopic (exact) mass is 384 g/mol. The molecule has 2 aromatic rings. The van der Waals surface area contributed by atoms with Crippen LogP contribution in [-0.2, 0) is 25.9 Å². The van der Waals surface area contributed by atoms with Gasteiger partial charge >= 0.3 is 0 Å². The van der Waals surface area contributed by atoms with Crippen molar-refractivity contribution < 1.29 is 14.0 Å². The second kappa shape index (κ2) is 10.9. The third-order valence-corrected chi connectivity index (χ3v) is 4.26. The van der Waals surface area contributed by atoms with Gasteiger partial charge in [-0.1, -0.05) is 31.0 Å². The van der Waals surface area contributed by atoms with E-state index in [9.17, 15) is 0 Å². The first-order valence-corrected chi connectivity index (χ1v) is 9.30. The van der Waals surface area contributed by atoms with Crippen molar-refractivity contribution in [1.29, 1.82) is 0 Å². The number of terminal acetylenes is 1. The van der Waals surface area contributed by atoms with Crippen molar-refractivity contribution in [1.82, 2.24) is 15.8 Å². The molecule has 1 aromatic carbocycles. The Kier molecular flexibility index (Phi) is 8.22. The molecule has 2 rings (SSSR count). The van der Waals surface area contributed by atoms with Crippen molar-refractivity contribution in [3.63, 3.8) is 0 Å². The van der Waals surface area contributed by atoms with E-state index in [4.69, 9.17) is 20.4 Å². The van der Waals surface area contributed by atoms with Crippen molar-refractivity contribution in [3.8, 4) is 23.8 Å². The van der Waals surface area contributed by atoms with Crippen LogP contribution in [0.4, 0.5) is 0 Å². The Morgan fingerprint density at radius 1 is 1.21 bits per heavy atom. The predicted molar refractivity (Wildman–Crippen MR) is 110 cm³/mol. The van der Waals surface area contributed by atoms with Crippen LogP contribution in [0.25, 0.3) is 0 Å². The quantitative estimate of drug-likeness (QED) is 0.393. The minimum atomic E-state index is 0.189. The Hall–Kier alpha value is -3.14. The summed E-state index contributed by atoms with van der Waals surface area (Å²) in [7, 11) is 3.33. The van der Waals surface area contributed by atoms with Gasteiger partial charge in [0.2, 0.25) is 0 Å². The van der Waals surface area contributed by atoms with Crippen LogP contribution in [0.5, 0.6) is 11.5 Å². The first-order valence-electron chi connectivity index (χ1n) is 9.30. The molecular weight excluding hydrogens is 356 g/mol. The lowest BCUT2D eigenvalue weighted by Crippen LogP contribution is -2.36. The van der Waals surface area contributed by atoms with E-state index >= 15 is 0 Å². The van der Waals surface area contributed by atoms with Gasteiger partial charge in [0.15, 0.2) is 17.5 Å². The fourth-order valence-corrected chi connectivity index (χ4v) is 2.78. The van der Waals surface area contributed by atoms with Gasteiger partial charge in [-0.3, -0.25) is 4.99 Å². The topological polar surface area (TPSA) is 80.9 Å². The van der Waals surface area contributed by atoms with E-state index in [1.807, 2.05) is 18.2 Å². The fourth-order valence-electron chi connectivity index (χ4n) is 2.78. The summed E-state index contributed by atoms with van der Waals surface area (Å²) in [6, 6.07) is 5.73. The van der Waals surface area contributed by atoms with Crippen LogP contribution in [0.2, 0.25) is 0 Å². The van der Waals surface area contributed by atoms with Crippen LogP contribution in [-0.4, -0.2) is 31.9 Å². The third kappa shape index (κ3) is 5.43. The minimum Gasteiger partial charge on any atom is -0.493 e. The molecule has 7 heteroatoms. The zero-order chi connectivity index (χ0) is 20.4. The van der Waals surface area contributed by atoms with Gasteiger partial charge in [-0.2, -0.15) is 0 Å². The standard InChI is InChI=1S/C21H28N4O3/c1-6-11-27-20-12-15(9-10-19(20)26-5)13-23-21(22-4)24-14-16-17(7-2)25-28-18(16)8-3/h1,9-10,12H,7-8,11,13-14H2,2-5H3,(H2,22,23,24). The molecule has 1 aromatic heterocycles. The molecule has 0 aliphatic rings. The van der Waals surface area contributed by atoms with Gasteiger partial charge in [0.25, 0.3) is 0 Å². The molecule has 0 saturated carbocycles. The largest absolute Gasteiger partial charge is 0.493 e. The van der Waals surface area contributed by atoms with Gasteiger partial charge in [-0.25, -0.2) is 0 Å². The van der Waals surface area contributed by atoms with E-state index in [0.717, 1.165) is 35.4 Å². The van der Waals surface area contributed by atoms with E-state index in [2.05, 4.69) is 40.6 Å². The molecule has 2 N–H and O–H groups in total. The van der Waals surface area contributed by atoms with Crippen molar-refractivity contribution >= 4 is 5.96 Å². The summed E-state index contributed by atoms with van der Waals surface area (Å²) >= 11 is 0. The highest BCUT2D eigenvalue weighted by Gasteiger charge is 2.13. The Morgan fingerprint density at radius 2 is 2.00 bits per heavy atom. The maximum Gasteiger partial charge on any atom is 0.191 e. The Bertz CT molecular complexity index is 815. The first-order chi connectivity index (χ1) is 13.7. The predicted octanol–water partition coefficient (Wildman–Crippen LogP) is 2.69. The lowest BCUT2D eigenvalue weighted by Gasteiger charge is -2.14. The van der Waals surface area contributed by atoms with Gasteiger partial charge in [-0.05, 0) is 24.1 Å². The lowest BCUT2D eigenvalue weighted by atomic mass is 10.1.